The van der Waals surface area contributed by atoms with Gasteiger partial charge in [0.1, 0.15) is 0 Å². The molecule has 5 heteroatoms. The van der Waals surface area contributed by atoms with Crippen molar-refractivity contribution in [2.24, 2.45) is 0 Å². The second-order valence-corrected chi connectivity index (χ2v) is 6.04. The van der Waals surface area contributed by atoms with Gasteiger partial charge in [-0.25, -0.2) is 0 Å². The zero-order valence-corrected chi connectivity index (χ0v) is 14.2. The smallest absolute Gasteiger partial charge is 0.317 e. The molecule has 0 aromatic heterocycles. The van der Waals surface area contributed by atoms with Gasteiger partial charge in [-0.15, -0.1) is 0 Å². The van der Waals surface area contributed by atoms with Gasteiger partial charge in [-0.05, 0) is 12.8 Å². The lowest BCUT2D eigenvalue weighted by Gasteiger charge is -2.29. The van der Waals surface area contributed by atoms with Crippen LogP contribution in [-0.4, -0.2) is 46.2 Å². The van der Waals surface area contributed by atoms with Crippen molar-refractivity contribution in [1.29, 1.82) is 0 Å². The molecule has 0 aromatic rings. The van der Waals surface area contributed by atoms with Crippen LogP contribution in [0.4, 0.5) is 0 Å². The molecule has 0 saturated heterocycles. The van der Waals surface area contributed by atoms with Crippen molar-refractivity contribution in [1.82, 2.24) is 4.90 Å². The van der Waals surface area contributed by atoms with Gasteiger partial charge in [0.05, 0.1) is 13.1 Å². The molecule has 0 amide bonds. The standard InChI is InChI=1S/C17H33NO4/c1-3-5-7-8-10-12-15(11-9-6-4-2)18(13-16(19)20)14-17(21)22/h15H,3-14H2,1-2H3,(H,19,20)(H,21,22). The molecule has 0 aliphatic rings. The van der Waals surface area contributed by atoms with E-state index >= 15 is 0 Å². The van der Waals surface area contributed by atoms with Crippen molar-refractivity contribution < 1.29 is 19.8 Å². The Kier molecular flexibility index (Phi) is 12.9. The molecule has 0 heterocycles. The second-order valence-electron chi connectivity index (χ2n) is 6.04. The first kappa shape index (κ1) is 20.9. The summed E-state index contributed by atoms with van der Waals surface area (Å²) >= 11 is 0. The van der Waals surface area contributed by atoms with Crippen molar-refractivity contribution >= 4 is 11.9 Å². The van der Waals surface area contributed by atoms with Crippen LogP contribution in [-0.2, 0) is 9.59 Å². The first-order chi connectivity index (χ1) is 10.5. The Bertz CT molecular complexity index is 291. The molecule has 0 radical (unpaired) electrons. The molecule has 0 saturated carbocycles. The fourth-order valence-electron chi connectivity index (χ4n) is 2.78. The Labute approximate surface area is 134 Å². The van der Waals surface area contributed by atoms with E-state index < -0.39 is 11.9 Å². The van der Waals surface area contributed by atoms with Gasteiger partial charge >= 0.3 is 11.9 Å². The molecule has 0 bridgehead atoms. The maximum atomic E-state index is 11.0. The number of hydrogen-bond acceptors (Lipinski definition) is 3. The number of rotatable bonds is 15. The largest absolute Gasteiger partial charge is 0.480 e. The Morgan fingerprint density at radius 1 is 0.773 bits per heavy atom. The van der Waals surface area contributed by atoms with Crippen LogP contribution >= 0.6 is 0 Å². The molecule has 130 valence electrons. The second kappa shape index (κ2) is 13.6. The van der Waals surface area contributed by atoms with Gasteiger partial charge in [-0.3, -0.25) is 14.5 Å². The molecule has 0 aliphatic carbocycles. The minimum atomic E-state index is -0.951. The van der Waals surface area contributed by atoms with E-state index in [1.54, 1.807) is 4.90 Å². The van der Waals surface area contributed by atoms with Crippen molar-refractivity contribution in [3.63, 3.8) is 0 Å². The summed E-state index contributed by atoms with van der Waals surface area (Å²) in [6.45, 7) is 3.94. The van der Waals surface area contributed by atoms with Crippen molar-refractivity contribution in [2.45, 2.75) is 84.1 Å². The first-order valence-corrected chi connectivity index (χ1v) is 8.68. The highest BCUT2D eigenvalue weighted by atomic mass is 16.4. The summed E-state index contributed by atoms with van der Waals surface area (Å²) in [5.41, 5.74) is 0. The molecule has 0 aromatic carbocycles. The van der Waals surface area contributed by atoms with E-state index in [1.165, 1.54) is 19.3 Å². The third-order valence-electron chi connectivity index (χ3n) is 3.97. The molecular formula is C17H33NO4. The summed E-state index contributed by atoms with van der Waals surface area (Å²) in [4.78, 5) is 23.6. The summed E-state index contributed by atoms with van der Waals surface area (Å²) in [5.74, 6) is -1.90. The summed E-state index contributed by atoms with van der Waals surface area (Å²) in [5, 5.41) is 18.0. The Balaban J connectivity index is 4.51. The number of carboxylic acids is 2. The molecule has 0 aliphatic heterocycles. The fourth-order valence-corrected chi connectivity index (χ4v) is 2.78. The van der Waals surface area contributed by atoms with Gasteiger partial charge in [0, 0.05) is 6.04 Å². The summed E-state index contributed by atoms with van der Waals surface area (Å²) in [7, 11) is 0. The lowest BCUT2D eigenvalue weighted by atomic mass is 9.99. The van der Waals surface area contributed by atoms with Gasteiger partial charge < -0.3 is 10.2 Å². The third kappa shape index (κ3) is 11.5. The van der Waals surface area contributed by atoms with E-state index in [4.69, 9.17) is 10.2 Å². The van der Waals surface area contributed by atoms with Crippen LogP contribution < -0.4 is 0 Å². The lowest BCUT2D eigenvalue weighted by molar-refractivity contribution is -0.143. The third-order valence-corrected chi connectivity index (χ3v) is 3.97. The van der Waals surface area contributed by atoms with Gasteiger partial charge in [0.15, 0.2) is 0 Å². The van der Waals surface area contributed by atoms with Crippen LogP contribution in [0.2, 0.25) is 0 Å². The Morgan fingerprint density at radius 2 is 1.18 bits per heavy atom. The number of carbonyl (C=O) groups is 2. The average Bonchev–Trinajstić information content (AvgIpc) is 2.43. The average molecular weight is 315 g/mol. The minimum absolute atomic E-state index is 0.0698. The quantitative estimate of drug-likeness (QED) is 0.450. The van der Waals surface area contributed by atoms with E-state index in [0.29, 0.717) is 0 Å². The van der Waals surface area contributed by atoms with E-state index in [9.17, 15) is 9.59 Å². The van der Waals surface area contributed by atoms with E-state index in [0.717, 1.165) is 44.9 Å². The van der Waals surface area contributed by atoms with Crippen LogP contribution in [0.25, 0.3) is 0 Å². The highest BCUT2D eigenvalue weighted by Crippen LogP contribution is 2.17. The van der Waals surface area contributed by atoms with Crippen molar-refractivity contribution in [3.05, 3.63) is 0 Å². The van der Waals surface area contributed by atoms with Gasteiger partial charge in [-0.1, -0.05) is 65.2 Å². The first-order valence-electron chi connectivity index (χ1n) is 8.68. The fraction of sp³-hybridized carbons (Fsp3) is 0.882. The zero-order valence-electron chi connectivity index (χ0n) is 14.2. The van der Waals surface area contributed by atoms with Crippen molar-refractivity contribution in [2.75, 3.05) is 13.1 Å². The van der Waals surface area contributed by atoms with Crippen LogP contribution in [0.1, 0.15) is 78.1 Å². The predicted molar refractivity (Wildman–Crippen MR) is 88.2 cm³/mol. The minimum Gasteiger partial charge on any atom is -0.480 e. The SMILES string of the molecule is CCCCCCCC(CCCCC)N(CC(=O)O)CC(=O)O. The van der Waals surface area contributed by atoms with Gasteiger partial charge in [0.25, 0.3) is 0 Å². The summed E-state index contributed by atoms with van der Waals surface area (Å²) in [6.07, 6.45) is 10.9. The molecule has 1 unspecified atom stereocenters. The van der Waals surface area contributed by atoms with Gasteiger partial charge in [-0.2, -0.15) is 0 Å². The van der Waals surface area contributed by atoms with Crippen molar-refractivity contribution in [3.8, 4) is 0 Å². The molecule has 22 heavy (non-hydrogen) atoms. The lowest BCUT2D eigenvalue weighted by Crippen LogP contribution is -2.42. The number of unbranched alkanes of at least 4 members (excludes halogenated alkanes) is 6. The number of carboxylic acid groups (broad SMARTS) is 2. The molecule has 0 fully saturated rings. The highest BCUT2D eigenvalue weighted by Gasteiger charge is 2.22. The van der Waals surface area contributed by atoms with Crippen LogP contribution in [0.3, 0.4) is 0 Å². The Morgan fingerprint density at radius 3 is 1.64 bits per heavy atom. The molecule has 1 atom stereocenters. The summed E-state index contributed by atoms with van der Waals surface area (Å²) < 4.78 is 0. The topological polar surface area (TPSA) is 77.8 Å². The number of hydrogen-bond donors (Lipinski definition) is 2. The van der Waals surface area contributed by atoms with Crippen LogP contribution in [0.5, 0.6) is 0 Å². The van der Waals surface area contributed by atoms with Gasteiger partial charge in [0.2, 0.25) is 0 Å². The maximum Gasteiger partial charge on any atom is 0.317 e. The molecule has 2 N–H and O–H groups in total. The van der Waals surface area contributed by atoms with Crippen LogP contribution in [0.15, 0.2) is 0 Å². The molecule has 5 nitrogen and oxygen atoms in total. The molecule has 0 spiro atoms. The zero-order chi connectivity index (χ0) is 16.8. The predicted octanol–water partition coefficient (Wildman–Crippen LogP) is 3.77. The summed E-state index contributed by atoms with van der Waals surface area (Å²) in [6, 6.07) is 0.0698. The normalized spacial score (nSPS) is 12.5. The van der Waals surface area contributed by atoms with E-state index in [2.05, 4.69) is 13.8 Å². The number of nitrogens with zero attached hydrogens (tertiary/aromatic N) is 1. The monoisotopic (exact) mass is 315 g/mol. The molecule has 0 rings (SSSR count). The molecular weight excluding hydrogens is 282 g/mol. The Hall–Kier alpha value is -1.10. The van der Waals surface area contributed by atoms with Crippen LogP contribution in [0, 0.1) is 0 Å². The van der Waals surface area contributed by atoms with E-state index in [1.807, 2.05) is 0 Å². The maximum absolute atomic E-state index is 11.0. The highest BCUT2D eigenvalue weighted by molar-refractivity contribution is 5.72. The number of aliphatic carboxylic acids is 2. The van der Waals surface area contributed by atoms with E-state index in [-0.39, 0.29) is 19.1 Å².